The highest BCUT2D eigenvalue weighted by atomic mass is 16.6. The van der Waals surface area contributed by atoms with Gasteiger partial charge in [-0.2, -0.15) is 0 Å². The summed E-state index contributed by atoms with van der Waals surface area (Å²) in [5.41, 5.74) is 5.66. The number of carboxylic acids is 1. The minimum absolute atomic E-state index is 0.101. The third kappa shape index (κ3) is 7.69. The third-order valence-corrected chi connectivity index (χ3v) is 7.87. The first-order valence-corrected chi connectivity index (χ1v) is 15.0. The normalized spacial score (nSPS) is 17.4. The van der Waals surface area contributed by atoms with Crippen molar-refractivity contribution < 1.29 is 38.6 Å². The van der Waals surface area contributed by atoms with Gasteiger partial charge in [0.05, 0.1) is 6.42 Å². The molecule has 2 heterocycles. The van der Waals surface area contributed by atoms with Gasteiger partial charge in [0.15, 0.2) is 5.78 Å². The number of carbonyl (C=O) groups excluding carboxylic acids is 5. The maximum atomic E-state index is 14.5. The van der Waals surface area contributed by atoms with Crippen molar-refractivity contribution in [2.45, 2.75) is 57.8 Å². The lowest BCUT2D eigenvalue weighted by molar-refractivity contribution is -0.161. The maximum absolute atomic E-state index is 14.5. The van der Waals surface area contributed by atoms with Crippen molar-refractivity contribution >= 4 is 41.3 Å². The lowest BCUT2D eigenvalue weighted by Crippen LogP contribution is -2.47. The van der Waals surface area contributed by atoms with E-state index in [9.17, 15) is 28.8 Å². The van der Waals surface area contributed by atoms with Crippen molar-refractivity contribution in [2.75, 3.05) is 11.9 Å². The van der Waals surface area contributed by atoms with Crippen LogP contribution in [0.5, 0.6) is 0 Å². The van der Waals surface area contributed by atoms with Gasteiger partial charge < -0.3 is 25.8 Å². The van der Waals surface area contributed by atoms with Crippen LogP contribution in [0.25, 0.3) is 0 Å². The van der Waals surface area contributed by atoms with Crippen molar-refractivity contribution in [2.24, 2.45) is 11.7 Å². The summed E-state index contributed by atoms with van der Waals surface area (Å²) < 4.78 is 4.65. The number of ether oxygens (including phenoxy) is 1. The fraction of sp³-hybridized carbons (Fsp3) is 0.324. The molecule has 1 aromatic heterocycles. The van der Waals surface area contributed by atoms with Crippen LogP contribution in [0.1, 0.15) is 55.1 Å². The van der Waals surface area contributed by atoms with E-state index in [0.29, 0.717) is 5.56 Å². The molecule has 0 bridgehead atoms. The number of nitrogens with zero attached hydrogens (tertiary/aromatic N) is 3. The summed E-state index contributed by atoms with van der Waals surface area (Å²) in [6.07, 6.45) is 2.52. The number of hydrogen-bond acceptors (Lipinski definition) is 10. The van der Waals surface area contributed by atoms with Crippen molar-refractivity contribution in [1.82, 2.24) is 14.8 Å². The zero-order valence-corrected chi connectivity index (χ0v) is 26.3. The van der Waals surface area contributed by atoms with Gasteiger partial charge in [0.1, 0.15) is 24.2 Å². The largest absolute Gasteiger partial charge is 0.481 e. The van der Waals surface area contributed by atoms with E-state index in [0.717, 1.165) is 10.5 Å². The van der Waals surface area contributed by atoms with Crippen LogP contribution in [0.3, 0.4) is 0 Å². The number of nitrogens with two attached hydrogens (primary N) is 1. The molecule has 246 valence electrons. The number of imide groups is 1. The van der Waals surface area contributed by atoms with Crippen LogP contribution in [0.4, 0.5) is 10.5 Å². The topological polar surface area (TPSA) is 189 Å². The van der Waals surface area contributed by atoms with E-state index in [1.54, 1.807) is 43.6 Å². The van der Waals surface area contributed by atoms with E-state index in [1.807, 2.05) is 44.2 Å². The number of nitrogens with one attached hydrogen (secondary N) is 1. The number of carbonyl (C=O) groups is 6. The molecule has 3 atom stereocenters. The van der Waals surface area contributed by atoms with Crippen LogP contribution in [0, 0.1) is 5.92 Å². The zero-order chi connectivity index (χ0) is 34.3. The molecule has 0 aliphatic carbocycles. The minimum atomic E-state index is -1.53. The van der Waals surface area contributed by atoms with Gasteiger partial charge in [0.2, 0.25) is 0 Å². The maximum Gasteiger partial charge on any atom is 0.333 e. The Morgan fingerprint density at radius 2 is 1.62 bits per heavy atom. The van der Waals surface area contributed by atoms with Gasteiger partial charge >= 0.3 is 23.9 Å². The van der Waals surface area contributed by atoms with Crippen LogP contribution < -0.4 is 11.1 Å². The molecule has 0 radical (unpaired) electrons. The fourth-order valence-electron chi connectivity index (χ4n) is 5.45. The second-order valence-electron chi connectivity index (χ2n) is 11.7. The van der Waals surface area contributed by atoms with Gasteiger partial charge in [-0.05, 0) is 54.7 Å². The number of aliphatic carboxylic acids is 1. The summed E-state index contributed by atoms with van der Waals surface area (Å²) in [6.45, 7) is 4.96. The number of pyridine rings is 1. The summed E-state index contributed by atoms with van der Waals surface area (Å²) >= 11 is 0. The van der Waals surface area contributed by atoms with Gasteiger partial charge in [0.25, 0.3) is 5.91 Å². The van der Waals surface area contributed by atoms with Crippen molar-refractivity contribution in [3.63, 3.8) is 0 Å². The van der Waals surface area contributed by atoms with Gasteiger partial charge in [0, 0.05) is 30.2 Å². The quantitative estimate of drug-likeness (QED) is 0.101. The van der Waals surface area contributed by atoms with E-state index >= 15 is 0 Å². The smallest absolute Gasteiger partial charge is 0.333 e. The molecule has 1 saturated heterocycles. The summed E-state index contributed by atoms with van der Waals surface area (Å²) in [5, 5.41) is 11.6. The third-order valence-electron chi connectivity index (χ3n) is 7.87. The number of amides is 3. The number of carboxylic acid groups (broad SMARTS) is 1. The Morgan fingerprint density at radius 1 is 0.979 bits per heavy atom. The number of rotatable bonds is 14. The number of hydrogen-bond donors (Lipinski definition) is 3. The SMILES string of the molecule is CC(C)C[C@H](C(=O)c1ccccc1NCC(=O)OC(=O)[C@@H](N)CC(=O)O)N1C(=O)N(Cc2ccccc2)[C@](C)(c2ccncc2)C1=O. The van der Waals surface area contributed by atoms with Crippen molar-refractivity contribution in [3.8, 4) is 0 Å². The van der Waals surface area contributed by atoms with Crippen LogP contribution >= 0.6 is 0 Å². The number of aromatic nitrogens is 1. The standard InChI is InChI=1S/C34H37N5O8/c1-21(2)17-27(30(43)24-11-7-8-12-26(24)37-19-29(42)47-31(44)25(35)18-28(40)41)39-32(45)34(3,23-13-15-36-16-14-23)38(33(39)46)20-22-9-5-4-6-10-22/h4-16,21,25,27,37H,17-20,35H2,1-3H3,(H,40,41)/t25-,27+,34+/m0/s1. The van der Waals surface area contributed by atoms with E-state index in [-0.39, 0.29) is 30.1 Å². The molecule has 1 aliphatic heterocycles. The lowest BCUT2D eigenvalue weighted by Gasteiger charge is -2.32. The molecular formula is C34H37N5O8. The molecule has 0 saturated carbocycles. The average Bonchev–Trinajstić information content (AvgIpc) is 3.23. The summed E-state index contributed by atoms with van der Waals surface area (Å²) in [5.74, 6) is -4.78. The molecule has 13 heteroatoms. The van der Waals surface area contributed by atoms with E-state index in [1.165, 1.54) is 17.0 Å². The molecule has 2 aromatic carbocycles. The van der Waals surface area contributed by atoms with E-state index < -0.39 is 66.2 Å². The number of para-hydroxylation sites is 1. The number of anilines is 1. The highest BCUT2D eigenvalue weighted by Gasteiger charge is 2.58. The van der Waals surface area contributed by atoms with Crippen LogP contribution in [-0.2, 0) is 36.0 Å². The Morgan fingerprint density at radius 3 is 2.26 bits per heavy atom. The molecule has 47 heavy (non-hydrogen) atoms. The molecular weight excluding hydrogens is 606 g/mol. The summed E-state index contributed by atoms with van der Waals surface area (Å²) in [7, 11) is 0. The van der Waals surface area contributed by atoms with Gasteiger partial charge in [-0.15, -0.1) is 0 Å². The zero-order valence-electron chi connectivity index (χ0n) is 26.3. The van der Waals surface area contributed by atoms with Gasteiger partial charge in [-0.3, -0.25) is 24.3 Å². The number of esters is 2. The van der Waals surface area contributed by atoms with Gasteiger partial charge in [-0.25, -0.2) is 14.4 Å². The molecule has 13 nitrogen and oxygen atoms in total. The number of benzene rings is 2. The Kier molecular flexibility index (Phi) is 10.8. The van der Waals surface area contributed by atoms with Crippen LogP contribution in [0.2, 0.25) is 0 Å². The molecule has 0 spiro atoms. The Balaban J connectivity index is 1.65. The van der Waals surface area contributed by atoms with E-state index in [2.05, 4.69) is 15.0 Å². The minimum Gasteiger partial charge on any atom is -0.481 e. The van der Waals surface area contributed by atoms with Crippen LogP contribution in [0.15, 0.2) is 79.1 Å². The predicted molar refractivity (Wildman–Crippen MR) is 170 cm³/mol. The average molecular weight is 644 g/mol. The molecule has 1 fully saturated rings. The first-order chi connectivity index (χ1) is 22.3. The molecule has 3 aromatic rings. The Labute approximate surface area is 271 Å². The molecule has 0 unspecified atom stereocenters. The lowest BCUT2D eigenvalue weighted by atomic mass is 9.89. The number of Topliss-reactive ketones (excluding diaryl/α,β-unsaturated/α-hetero) is 1. The highest BCUT2D eigenvalue weighted by Crippen LogP contribution is 2.40. The molecule has 4 N–H and O–H groups in total. The van der Waals surface area contributed by atoms with E-state index in [4.69, 9.17) is 10.8 Å². The number of ketones is 1. The summed E-state index contributed by atoms with van der Waals surface area (Å²) in [4.78, 5) is 84.8. The fourth-order valence-corrected chi connectivity index (χ4v) is 5.45. The van der Waals surface area contributed by atoms with Crippen molar-refractivity contribution in [3.05, 3.63) is 95.8 Å². The summed E-state index contributed by atoms with van der Waals surface area (Å²) in [6, 6.07) is 15.5. The molecule has 3 amide bonds. The monoisotopic (exact) mass is 643 g/mol. The highest BCUT2D eigenvalue weighted by molar-refractivity contribution is 6.14. The second kappa shape index (κ2) is 14.8. The first-order valence-electron chi connectivity index (χ1n) is 15.0. The first kappa shape index (κ1) is 34.4. The Bertz CT molecular complexity index is 1650. The Hall–Kier alpha value is -5.43. The van der Waals surface area contributed by atoms with Crippen molar-refractivity contribution in [1.29, 1.82) is 0 Å². The number of urea groups is 1. The second-order valence-corrected chi connectivity index (χ2v) is 11.7. The van der Waals surface area contributed by atoms with Gasteiger partial charge in [-0.1, -0.05) is 56.3 Å². The predicted octanol–water partition coefficient (Wildman–Crippen LogP) is 3.34. The molecule has 1 aliphatic rings. The van der Waals surface area contributed by atoms with Crippen LogP contribution in [-0.4, -0.2) is 74.1 Å². The molecule has 4 rings (SSSR count).